The summed E-state index contributed by atoms with van der Waals surface area (Å²) < 4.78 is 5.17. The molecule has 1 heterocycles. The van der Waals surface area contributed by atoms with Crippen LogP contribution in [-0.4, -0.2) is 29.9 Å². The summed E-state index contributed by atoms with van der Waals surface area (Å²) in [6.07, 6.45) is 3.31. The van der Waals surface area contributed by atoms with Gasteiger partial charge in [-0.25, -0.2) is 0 Å². The van der Waals surface area contributed by atoms with Crippen molar-refractivity contribution in [2.24, 2.45) is 0 Å². The lowest BCUT2D eigenvalue weighted by atomic mass is 9.93. The first-order valence-electron chi connectivity index (χ1n) is 9.00. The summed E-state index contributed by atoms with van der Waals surface area (Å²) >= 11 is 0. The van der Waals surface area contributed by atoms with Crippen LogP contribution in [-0.2, 0) is 13.1 Å². The Hall–Kier alpha value is -2.82. The number of nitrogens with one attached hydrogen (secondary N) is 1. The molecule has 4 rings (SSSR count). The van der Waals surface area contributed by atoms with Crippen molar-refractivity contribution >= 4 is 11.8 Å². The number of hydrogen-bond acceptors (Lipinski definition) is 3. The van der Waals surface area contributed by atoms with Gasteiger partial charge in [-0.15, -0.1) is 0 Å². The van der Waals surface area contributed by atoms with Gasteiger partial charge in [-0.1, -0.05) is 12.1 Å². The van der Waals surface area contributed by atoms with Gasteiger partial charge in [0, 0.05) is 30.3 Å². The van der Waals surface area contributed by atoms with E-state index in [1.54, 1.807) is 24.1 Å². The first kappa shape index (κ1) is 16.6. The van der Waals surface area contributed by atoms with Crippen molar-refractivity contribution in [2.75, 3.05) is 7.11 Å². The molecule has 0 bridgehead atoms. The number of benzene rings is 2. The Balaban J connectivity index is 1.46. The van der Waals surface area contributed by atoms with Crippen molar-refractivity contribution in [3.05, 3.63) is 64.7 Å². The molecular weight excluding hydrogens is 328 g/mol. The molecule has 0 unspecified atom stereocenters. The second-order valence-corrected chi connectivity index (χ2v) is 6.98. The van der Waals surface area contributed by atoms with Gasteiger partial charge < -0.3 is 15.0 Å². The molecule has 1 aliphatic heterocycles. The monoisotopic (exact) mass is 350 g/mol. The Morgan fingerprint density at radius 1 is 1.19 bits per heavy atom. The zero-order valence-corrected chi connectivity index (χ0v) is 14.8. The number of rotatable bonds is 5. The van der Waals surface area contributed by atoms with E-state index in [1.807, 2.05) is 30.3 Å². The number of ether oxygens (including phenoxy) is 1. The number of amides is 2. The Bertz CT molecular complexity index is 841. The molecule has 1 saturated carbocycles. The van der Waals surface area contributed by atoms with Gasteiger partial charge in [-0.3, -0.25) is 9.59 Å². The highest BCUT2D eigenvalue weighted by atomic mass is 16.5. The summed E-state index contributed by atoms with van der Waals surface area (Å²) in [6, 6.07) is 13.4. The first-order valence-corrected chi connectivity index (χ1v) is 9.00. The molecule has 5 heteroatoms. The van der Waals surface area contributed by atoms with Gasteiger partial charge in [0.1, 0.15) is 5.75 Å². The Morgan fingerprint density at radius 3 is 2.62 bits per heavy atom. The molecule has 134 valence electrons. The molecule has 0 atom stereocenters. The van der Waals surface area contributed by atoms with Crippen LogP contribution < -0.4 is 10.1 Å². The molecule has 1 N–H and O–H groups in total. The van der Waals surface area contributed by atoms with Gasteiger partial charge in [0.15, 0.2) is 0 Å². The van der Waals surface area contributed by atoms with E-state index in [1.165, 1.54) is 6.42 Å². The van der Waals surface area contributed by atoms with Crippen molar-refractivity contribution in [3.8, 4) is 5.75 Å². The topological polar surface area (TPSA) is 58.6 Å². The van der Waals surface area contributed by atoms with Gasteiger partial charge in [0.05, 0.1) is 7.11 Å². The molecule has 0 aromatic heterocycles. The molecular formula is C21H22N2O3. The molecule has 2 aliphatic rings. The molecule has 0 spiro atoms. The summed E-state index contributed by atoms with van der Waals surface area (Å²) in [5.41, 5.74) is 3.30. The Kier molecular flexibility index (Phi) is 4.37. The number of fused-ring (bicyclic) bond motifs is 1. The van der Waals surface area contributed by atoms with Crippen LogP contribution in [0.25, 0.3) is 0 Å². The maximum atomic E-state index is 12.6. The molecule has 1 fully saturated rings. The maximum Gasteiger partial charge on any atom is 0.254 e. The maximum absolute atomic E-state index is 12.6. The lowest BCUT2D eigenvalue weighted by Gasteiger charge is -2.26. The predicted molar refractivity (Wildman–Crippen MR) is 98.1 cm³/mol. The number of carbonyl (C=O) groups excluding carboxylic acids is 2. The minimum absolute atomic E-state index is 0.0155. The van der Waals surface area contributed by atoms with Crippen molar-refractivity contribution in [1.29, 1.82) is 0 Å². The van der Waals surface area contributed by atoms with Gasteiger partial charge in [-0.2, -0.15) is 0 Å². The van der Waals surface area contributed by atoms with Crippen LogP contribution in [0.15, 0.2) is 42.5 Å². The van der Waals surface area contributed by atoms with Gasteiger partial charge in [-0.05, 0) is 60.7 Å². The second kappa shape index (κ2) is 6.83. The summed E-state index contributed by atoms with van der Waals surface area (Å²) in [5.74, 6) is 0.771. The largest absolute Gasteiger partial charge is 0.497 e. The van der Waals surface area contributed by atoms with Gasteiger partial charge in [0.2, 0.25) is 0 Å². The third kappa shape index (κ3) is 3.17. The molecule has 0 saturated heterocycles. The van der Waals surface area contributed by atoms with Crippen LogP contribution in [0.1, 0.15) is 51.1 Å². The predicted octanol–water partition coefficient (Wildman–Crippen LogP) is 3.13. The number of hydrogen-bond donors (Lipinski definition) is 1. The zero-order chi connectivity index (χ0) is 18.1. The normalized spacial score (nSPS) is 16.2. The number of nitrogens with zero attached hydrogens (tertiary/aromatic N) is 1. The minimum atomic E-state index is -0.0430. The fourth-order valence-corrected chi connectivity index (χ4v) is 3.42. The molecule has 0 radical (unpaired) electrons. The van der Waals surface area contributed by atoms with Crippen molar-refractivity contribution in [2.45, 2.75) is 38.4 Å². The molecule has 5 nitrogen and oxygen atoms in total. The SMILES string of the molecule is COc1ccc(CN2Cc3cc(C(=O)NC4CCC4)ccc3C2=O)cc1. The van der Waals surface area contributed by atoms with Crippen LogP contribution in [0.4, 0.5) is 0 Å². The van der Waals surface area contributed by atoms with Crippen LogP contribution in [0.2, 0.25) is 0 Å². The third-order valence-electron chi connectivity index (χ3n) is 5.22. The van der Waals surface area contributed by atoms with E-state index in [0.29, 0.717) is 30.3 Å². The number of carbonyl (C=O) groups is 2. The number of methoxy groups -OCH3 is 1. The van der Waals surface area contributed by atoms with E-state index in [2.05, 4.69) is 5.32 Å². The van der Waals surface area contributed by atoms with Crippen molar-refractivity contribution < 1.29 is 14.3 Å². The van der Waals surface area contributed by atoms with Crippen LogP contribution in [0.5, 0.6) is 5.75 Å². The lowest BCUT2D eigenvalue weighted by Crippen LogP contribution is -2.39. The average molecular weight is 350 g/mol. The summed E-state index contributed by atoms with van der Waals surface area (Å²) in [5, 5.41) is 3.05. The third-order valence-corrected chi connectivity index (χ3v) is 5.22. The smallest absolute Gasteiger partial charge is 0.254 e. The fourth-order valence-electron chi connectivity index (χ4n) is 3.42. The van der Waals surface area contributed by atoms with E-state index >= 15 is 0 Å². The lowest BCUT2D eigenvalue weighted by molar-refractivity contribution is 0.0766. The van der Waals surface area contributed by atoms with E-state index in [0.717, 1.165) is 29.7 Å². The van der Waals surface area contributed by atoms with Gasteiger partial charge >= 0.3 is 0 Å². The summed E-state index contributed by atoms with van der Waals surface area (Å²) in [7, 11) is 1.63. The van der Waals surface area contributed by atoms with E-state index < -0.39 is 0 Å². The Morgan fingerprint density at radius 2 is 1.96 bits per heavy atom. The molecule has 2 amide bonds. The highest BCUT2D eigenvalue weighted by Gasteiger charge is 2.28. The zero-order valence-electron chi connectivity index (χ0n) is 14.8. The molecule has 1 aliphatic carbocycles. The first-order chi connectivity index (χ1) is 12.6. The summed E-state index contributed by atoms with van der Waals surface area (Å²) in [4.78, 5) is 26.8. The molecule has 26 heavy (non-hydrogen) atoms. The van der Waals surface area contributed by atoms with Gasteiger partial charge in [0.25, 0.3) is 11.8 Å². The highest BCUT2D eigenvalue weighted by molar-refractivity contribution is 6.01. The van der Waals surface area contributed by atoms with Crippen molar-refractivity contribution in [1.82, 2.24) is 10.2 Å². The van der Waals surface area contributed by atoms with Crippen LogP contribution in [0, 0.1) is 0 Å². The van der Waals surface area contributed by atoms with E-state index in [4.69, 9.17) is 4.74 Å². The standard InChI is InChI=1S/C21H22N2O3/c1-26-18-8-5-14(6-9-18)12-23-13-16-11-15(7-10-19(16)21(23)25)20(24)22-17-3-2-4-17/h5-11,17H,2-4,12-13H2,1H3,(H,22,24). The minimum Gasteiger partial charge on any atom is -0.497 e. The molecule has 2 aromatic rings. The second-order valence-electron chi connectivity index (χ2n) is 6.98. The van der Waals surface area contributed by atoms with Crippen LogP contribution >= 0.6 is 0 Å². The average Bonchev–Trinajstić information content (AvgIpc) is 2.94. The fraction of sp³-hybridized carbons (Fsp3) is 0.333. The molecule has 2 aromatic carbocycles. The Labute approximate surface area is 153 Å². The highest BCUT2D eigenvalue weighted by Crippen LogP contribution is 2.26. The van der Waals surface area contributed by atoms with E-state index in [9.17, 15) is 9.59 Å². The van der Waals surface area contributed by atoms with E-state index in [-0.39, 0.29) is 11.8 Å². The summed E-state index contributed by atoms with van der Waals surface area (Å²) in [6.45, 7) is 1.08. The van der Waals surface area contributed by atoms with Crippen LogP contribution in [0.3, 0.4) is 0 Å². The van der Waals surface area contributed by atoms with Crippen molar-refractivity contribution in [3.63, 3.8) is 0 Å². The quantitative estimate of drug-likeness (QED) is 0.901.